The van der Waals surface area contributed by atoms with Crippen LogP contribution in [0.2, 0.25) is 0 Å². The van der Waals surface area contributed by atoms with Gasteiger partial charge in [-0.25, -0.2) is 8.42 Å². The number of amides is 1. The molecule has 2 aromatic carbocycles. The fraction of sp³-hybridized carbons (Fsp3) is 0.435. The molecule has 5 nitrogen and oxygen atoms in total. The molecule has 6 heteroatoms. The number of nitrogens with zero attached hydrogens (tertiary/aromatic N) is 1. The summed E-state index contributed by atoms with van der Waals surface area (Å²) >= 11 is 0. The molecule has 0 bridgehead atoms. The summed E-state index contributed by atoms with van der Waals surface area (Å²) in [5, 5.41) is 2.39. The highest BCUT2D eigenvalue weighted by Gasteiger charge is 2.33. The number of carbonyl (C=O) groups excluding carboxylic acids is 1. The van der Waals surface area contributed by atoms with Crippen molar-refractivity contribution in [3.05, 3.63) is 59.2 Å². The predicted octanol–water partition coefficient (Wildman–Crippen LogP) is 3.30. The molecule has 1 aliphatic rings. The first-order valence-corrected chi connectivity index (χ1v) is 11.6. The van der Waals surface area contributed by atoms with E-state index in [0.717, 1.165) is 16.7 Å². The zero-order valence-electron chi connectivity index (χ0n) is 17.6. The molecule has 0 spiro atoms. The Labute approximate surface area is 174 Å². The number of carbonyl (C=O) groups is 1. The van der Waals surface area contributed by atoms with Gasteiger partial charge >= 0.3 is 0 Å². The van der Waals surface area contributed by atoms with Crippen LogP contribution in [0.1, 0.15) is 30.5 Å². The van der Waals surface area contributed by atoms with Crippen molar-refractivity contribution < 1.29 is 13.2 Å². The van der Waals surface area contributed by atoms with E-state index in [0.29, 0.717) is 19.5 Å². The maximum absolute atomic E-state index is 12.7. The van der Waals surface area contributed by atoms with Gasteiger partial charge in [0.25, 0.3) is 0 Å². The van der Waals surface area contributed by atoms with E-state index in [4.69, 9.17) is 0 Å². The monoisotopic (exact) mass is 414 g/mol. The van der Waals surface area contributed by atoms with Gasteiger partial charge in [-0.1, -0.05) is 48.0 Å². The lowest BCUT2D eigenvalue weighted by Crippen LogP contribution is -2.40. The first kappa shape index (κ1) is 21.5. The van der Waals surface area contributed by atoms with Crippen LogP contribution in [0.3, 0.4) is 0 Å². The molecule has 0 radical (unpaired) electrons. The summed E-state index contributed by atoms with van der Waals surface area (Å²) in [5.41, 5.74) is 5.70. The van der Waals surface area contributed by atoms with Crippen molar-refractivity contribution in [3.8, 4) is 11.1 Å². The smallest absolute Gasteiger partial charge is 0.224 e. The van der Waals surface area contributed by atoms with E-state index in [1.807, 2.05) is 18.2 Å². The molecule has 1 aliphatic heterocycles. The maximum atomic E-state index is 12.7. The molecule has 2 aromatic rings. The molecule has 1 atom stereocenters. The Hall–Kier alpha value is -2.18. The zero-order valence-corrected chi connectivity index (χ0v) is 18.4. The van der Waals surface area contributed by atoms with Crippen molar-refractivity contribution in [1.82, 2.24) is 9.62 Å². The summed E-state index contributed by atoms with van der Waals surface area (Å²) in [4.78, 5) is 12.7. The molecule has 29 heavy (non-hydrogen) atoms. The number of hydrogen-bond donors (Lipinski definition) is 1. The van der Waals surface area contributed by atoms with Gasteiger partial charge in [0.2, 0.25) is 15.9 Å². The van der Waals surface area contributed by atoms with Crippen LogP contribution in [0.5, 0.6) is 0 Å². The van der Waals surface area contributed by atoms with E-state index < -0.39 is 21.2 Å². The number of aryl methyl sites for hydroxylation is 2. The molecule has 1 N–H and O–H groups in total. The largest absolute Gasteiger partial charge is 0.354 e. The van der Waals surface area contributed by atoms with Crippen LogP contribution in [0.15, 0.2) is 42.5 Å². The Morgan fingerprint density at radius 1 is 1.10 bits per heavy atom. The van der Waals surface area contributed by atoms with E-state index in [2.05, 4.69) is 43.4 Å². The number of nitrogens with one attached hydrogen (secondary N) is 1. The van der Waals surface area contributed by atoms with Crippen molar-refractivity contribution in [2.24, 2.45) is 5.92 Å². The van der Waals surface area contributed by atoms with Crippen molar-refractivity contribution >= 4 is 15.9 Å². The Balaban J connectivity index is 1.93. The molecule has 1 amide bonds. The highest BCUT2D eigenvalue weighted by Crippen LogP contribution is 2.30. The zero-order chi connectivity index (χ0) is 21.2. The van der Waals surface area contributed by atoms with E-state index in [9.17, 15) is 13.2 Å². The highest BCUT2D eigenvalue weighted by atomic mass is 32.2. The van der Waals surface area contributed by atoms with Crippen LogP contribution >= 0.6 is 0 Å². The first-order chi connectivity index (χ1) is 13.7. The van der Waals surface area contributed by atoms with Crippen molar-refractivity contribution in [1.29, 1.82) is 0 Å². The van der Waals surface area contributed by atoms with Crippen LogP contribution in [0, 0.1) is 19.8 Å². The topological polar surface area (TPSA) is 66.5 Å². The highest BCUT2D eigenvalue weighted by molar-refractivity contribution is 7.89. The second kappa shape index (κ2) is 8.67. The molecular weight excluding hydrogens is 384 g/mol. The molecule has 0 unspecified atom stereocenters. The van der Waals surface area contributed by atoms with Crippen LogP contribution in [-0.2, 0) is 21.2 Å². The van der Waals surface area contributed by atoms with Gasteiger partial charge in [-0.15, -0.1) is 0 Å². The maximum Gasteiger partial charge on any atom is 0.224 e. The second-order valence-electron chi connectivity index (χ2n) is 8.12. The third-order valence-electron chi connectivity index (χ3n) is 5.57. The number of rotatable bonds is 5. The van der Waals surface area contributed by atoms with E-state index in [1.54, 1.807) is 13.8 Å². The Morgan fingerprint density at radius 2 is 1.83 bits per heavy atom. The summed E-state index contributed by atoms with van der Waals surface area (Å²) in [6.45, 7) is 8.41. The minimum absolute atomic E-state index is 0.0816. The fourth-order valence-electron chi connectivity index (χ4n) is 3.90. The van der Waals surface area contributed by atoms with Gasteiger partial charge in [-0.2, -0.15) is 4.31 Å². The van der Waals surface area contributed by atoms with Crippen LogP contribution in [0.25, 0.3) is 11.1 Å². The molecule has 1 saturated heterocycles. The predicted molar refractivity (Wildman–Crippen MR) is 117 cm³/mol. The number of sulfonamides is 1. The third-order valence-corrected chi connectivity index (χ3v) is 7.81. The SMILES string of the molecule is Cc1ccc(-c2ccccc2C[C@H]2CN(S(=O)(=O)C(C)C)CCNC2=O)c(C)c1. The minimum atomic E-state index is -3.40. The molecule has 1 heterocycles. The first-order valence-electron chi connectivity index (χ1n) is 10.1. The van der Waals surface area contributed by atoms with Gasteiger partial charge in [-0.3, -0.25) is 4.79 Å². The summed E-state index contributed by atoms with van der Waals surface area (Å²) < 4.78 is 26.9. The molecule has 0 aromatic heterocycles. The second-order valence-corrected chi connectivity index (χ2v) is 10.6. The Bertz CT molecular complexity index is 999. The van der Waals surface area contributed by atoms with Crippen LogP contribution in [0.4, 0.5) is 0 Å². The summed E-state index contributed by atoms with van der Waals surface area (Å²) in [5.74, 6) is -0.500. The lowest BCUT2D eigenvalue weighted by molar-refractivity contribution is -0.124. The lowest BCUT2D eigenvalue weighted by Gasteiger charge is -2.25. The van der Waals surface area contributed by atoms with Gasteiger partial charge in [0.15, 0.2) is 0 Å². The number of benzene rings is 2. The average Bonchev–Trinajstić information content (AvgIpc) is 2.85. The van der Waals surface area contributed by atoms with E-state index in [1.165, 1.54) is 15.4 Å². The molecular formula is C23H30N2O3S. The van der Waals surface area contributed by atoms with Crippen molar-refractivity contribution in [2.75, 3.05) is 19.6 Å². The van der Waals surface area contributed by atoms with Crippen molar-refractivity contribution in [3.63, 3.8) is 0 Å². The quantitative estimate of drug-likeness (QED) is 0.816. The van der Waals surface area contributed by atoms with Gasteiger partial charge in [0.05, 0.1) is 11.2 Å². The normalized spacial score (nSPS) is 18.5. The van der Waals surface area contributed by atoms with E-state index in [-0.39, 0.29) is 12.5 Å². The van der Waals surface area contributed by atoms with Crippen LogP contribution in [-0.4, -0.2) is 43.5 Å². The minimum Gasteiger partial charge on any atom is -0.354 e. The Kier molecular flexibility index (Phi) is 6.44. The summed E-state index contributed by atoms with van der Waals surface area (Å²) in [6, 6.07) is 14.4. The van der Waals surface area contributed by atoms with Gasteiger partial charge < -0.3 is 5.32 Å². The fourth-order valence-corrected chi connectivity index (χ4v) is 5.23. The number of hydrogen-bond acceptors (Lipinski definition) is 3. The third kappa shape index (κ3) is 4.70. The van der Waals surface area contributed by atoms with Crippen LogP contribution < -0.4 is 5.32 Å². The van der Waals surface area contributed by atoms with Gasteiger partial charge in [0, 0.05) is 19.6 Å². The summed E-state index contributed by atoms with van der Waals surface area (Å²) in [7, 11) is -3.40. The molecule has 156 valence electrons. The van der Waals surface area contributed by atoms with Gasteiger partial charge in [0.1, 0.15) is 0 Å². The molecule has 0 aliphatic carbocycles. The molecule has 0 saturated carbocycles. The van der Waals surface area contributed by atoms with E-state index >= 15 is 0 Å². The molecule has 3 rings (SSSR count). The summed E-state index contributed by atoms with van der Waals surface area (Å²) in [6.07, 6.45) is 0.499. The Morgan fingerprint density at radius 3 is 2.52 bits per heavy atom. The standard InChI is InChI=1S/C23H30N2O3S/c1-16(2)29(27,28)25-12-11-24-23(26)20(15-25)14-19-7-5-6-8-22(19)21-10-9-17(3)13-18(21)4/h5-10,13,16,20H,11-12,14-15H2,1-4H3,(H,24,26)/t20-/m0/s1. The lowest BCUT2D eigenvalue weighted by atomic mass is 9.89. The average molecular weight is 415 g/mol. The van der Waals surface area contributed by atoms with Gasteiger partial charge in [-0.05, 0) is 56.4 Å². The molecule has 1 fully saturated rings. The van der Waals surface area contributed by atoms with Crippen molar-refractivity contribution in [2.45, 2.75) is 39.4 Å².